The maximum Gasteiger partial charge on any atom is 0.167 e. The molecule has 0 unspecified atom stereocenters. The van der Waals surface area contributed by atoms with Gasteiger partial charge in [-0.2, -0.15) is 10.3 Å². The number of hydrogen-bond donors (Lipinski definition) is 0. The van der Waals surface area contributed by atoms with Crippen LogP contribution in [0.3, 0.4) is 0 Å². The molecule has 2 aliphatic heterocycles. The van der Waals surface area contributed by atoms with Crippen LogP contribution in [-0.2, 0) is 20.9 Å². The molecular formula is C16H20N2O3. The maximum atomic E-state index is 9.14. The third-order valence-electron chi connectivity index (χ3n) is 3.87. The van der Waals surface area contributed by atoms with Crippen LogP contribution in [0.5, 0.6) is 0 Å². The van der Waals surface area contributed by atoms with Crippen LogP contribution >= 0.6 is 0 Å². The summed E-state index contributed by atoms with van der Waals surface area (Å²) >= 11 is 0. The van der Waals surface area contributed by atoms with Gasteiger partial charge in [0.2, 0.25) is 0 Å². The van der Waals surface area contributed by atoms with Gasteiger partial charge in [-0.3, -0.25) is 4.84 Å². The topological polar surface area (TPSA) is 54.7 Å². The highest BCUT2D eigenvalue weighted by Gasteiger charge is 2.45. The summed E-state index contributed by atoms with van der Waals surface area (Å²) < 4.78 is 11.6. The quantitative estimate of drug-likeness (QED) is 0.853. The number of benzene rings is 1. The van der Waals surface area contributed by atoms with Gasteiger partial charge in [0.05, 0.1) is 18.7 Å². The Balaban J connectivity index is 1.73. The van der Waals surface area contributed by atoms with E-state index in [1.54, 1.807) is 0 Å². The van der Waals surface area contributed by atoms with Crippen molar-refractivity contribution in [3.8, 4) is 6.07 Å². The van der Waals surface area contributed by atoms with Crippen molar-refractivity contribution in [2.45, 2.75) is 50.8 Å². The van der Waals surface area contributed by atoms with E-state index >= 15 is 0 Å². The van der Waals surface area contributed by atoms with Crippen LogP contribution in [0.15, 0.2) is 30.3 Å². The monoisotopic (exact) mass is 288 g/mol. The summed E-state index contributed by atoms with van der Waals surface area (Å²) in [6, 6.07) is 12.3. The zero-order valence-corrected chi connectivity index (χ0v) is 12.4. The van der Waals surface area contributed by atoms with Gasteiger partial charge in [-0.15, -0.1) is 0 Å². The SMILES string of the molecule is CC1(C)OC[C@H]([C@@H]2C[C@H](C#N)ON2Cc2ccccc2)O1. The lowest BCUT2D eigenvalue weighted by molar-refractivity contribution is -0.188. The molecule has 0 bridgehead atoms. The van der Waals surface area contributed by atoms with Gasteiger partial charge >= 0.3 is 0 Å². The third kappa shape index (κ3) is 3.25. The molecule has 2 fully saturated rings. The second kappa shape index (κ2) is 5.74. The number of nitrogens with zero attached hydrogens (tertiary/aromatic N) is 2. The molecule has 0 aliphatic carbocycles. The van der Waals surface area contributed by atoms with Crippen LogP contribution in [0.1, 0.15) is 25.8 Å². The van der Waals surface area contributed by atoms with Crippen molar-refractivity contribution in [1.82, 2.24) is 5.06 Å². The number of rotatable bonds is 3. The highest BCUT2D eigenvalue weighted by molar-refractivity contribution is 5.14. The van der Waals surface area contributed by atoms with E-state index < -0.39 is 11.9 Å². The van der Waals surface area contributed by atoms with Crippen LogP contribution < -0.4 is 0 Å². The molecule has 3 atom stereocenters. The lowest BCUT2D eigenvalue weighted by Crippen LogP contribution is -2.40. The first kappa shape index (κ1) is 14.5. The molecule has 5 heteroatoms. The van der Waals surface area contributed by atoms with Crippen molar-refractivity contribution >= 4 is 0 Å². The smallest absolute Gasteiger partial charge is 0.167 e. The number of hydroxylamine groups is 2. The molecule has 5 nitrogen and oxygen atoms in total. The second-order valence-electron chi connectivity index (χ2n) is 5.95. The van der Waals surface area contributed by atoms with Gasteiger partial charge in [0.15, 0.2) is 11.9 Å². The Morgan fingerprint density at radius 3 is 2.71 bits per heavy atom. The fraction of sp³-hybridized carbons (Fsp3) is 0.562. The van der Waals surface area contributed by atoms with Gasteiger partial charge in [0, 0.05) is 13.0 Å². The van der Waals surface area contributed by atoms with Gasteiger partial charge in [0.1, 0.15) is 6.10 Å². The Kier molecular flexibility index (Phi) is 3.96. The standard InChI is InChI=1S/C16H20N2O3/c1-16(2)19-11-15(20-16)14-8-13(9-17)21-18(14)10-12-6-4-3-5-7-12/h3-7,13-15H,8,10-11H2,1-2H3/t13-,14+,15-/m1/s1. The minimum absolute atomic E-state index is 0.0385. The van der Waals surface area contributed by atoms with E-state index in [4.69, 9.17) is 19.6 Å². The van der Waals surface area contributed by atoms with Crippen LogP contribution in [-0.4, -0.2) is 35.7 Å². The van der Waals surface area contributed by atoms with E-state index in [0.717, 1.165) is 5.56 Å². The maximum absolute atomic E-state index is 9.14. The molecule has 1 aromatic carbocycles. The Hall–Kier alpha value is -1.45. The summed E-state index contributed by atoms with van der Waals surface area (Å²) in [4.78, 5) is 5.74. The molecule has 0 saturated carbocycles. The van der Waals surface area contributed by atoms with Crippen molar-refractivity contribution < 1.29 is 14.3 Å². The largest absolute Gasteiger partial charge is 0.348 e. The molecule has 21 heavy (non-hydrogen) atoms. The fourth-order valence-corrected chi connectivity index (χ4v) is 2.86. The van der Waals surface area contributed by atoms with E-state index in [0.29, 0.717) is 19.6 Å². The zero-order chi connectivity index (χ0) is 14.9. The highest BCUT2D eigenvalue weighted by Crippen LogP contribution is 2.33. The van der Waals surface area contributed by atoms with E-state index in [2.05, 4.69) is 18.2 Å². The highest BCUT2D eigenvalue weighted by atomic mass is 16.8. The van der Waals surface area contributed by atoms with Crippen LogP contribution in [0.25, 0.3) is 0 Å². The second-order valence-corrected chi connectivity index (χ2v) is 5.95. The third-order valence-corrected chi connectivity index (χ3v) is 3.87. The molecule has 3 rings (SSSR count). The minimum atomic E-state index is -0.562. The Labute approximate surface area is 125 Å². The van der Waals surface area contributed by atoms with Gasteiger partial charge in [-0.25, -0.2) is 0 Å². The van der Waals surface area contributed by atoms with Crippen molar-refractivity contribution in [2.75, 3.05) is 6.61 Å². The van der Waals surface area contributed by atoms with E-state index in [-0.39, 0.29) is 12.1 Å². The zero-order valence-electron chi connectivity index (χ0n) is 12.4. The van der Waals surface area contributed by atoms with Crippen molar-refractivity contribution in [1.29, 1.82) is 5.26 Å². The molecule has 112 valence electrons. The summed E-state index contributed by atoms with van der Waals surface area (Å²) in [5.74, 6) is -0.562. The van der Waals surface area contributed by atoms with Crippen LogP contribution in [0, 0.1) is 11.3 Å². The first-order chi connectivity index (χ1) is 10.1. The Morgan fingerprint density at radius 1 is 1.33 bits per heavy atom. The molecule has 2 aliphatic rings. The summed E-state index contributed by atoms with van der Waals surface area (Å²) in [5.41, 5.74) is 1.15. The molecule has 1 aromatic rings. The predicted molar refractivity (Wildman–Crippen MR) is 75.8 cm³/mol. The first-order valence-corrected chi connectivity index (χ1v) is 7.26. The summed E-state index contributed by atoms with van der Waals surface area (Å²) in [6.45, 7) is 4.99. The number of ether oxygens (including phenoxy) is 2. The van der Waals surface area contributed by atoms with Crippen LogP contribution in [0.2, 0.25) is 0 Å². The molecule has 0 N–H and O–H groups in total. The molecule has 0 radical (unpaired) electrons. The average molecular weight is 288 g/mol. The molecule has 0 amide bonds. The van der Waals surface area contributed by atoms with E-state index in [1.807, 2.05) is 37.1 Å². The van der Waals surface area contributed by atoms with Crippen molar-refractivity contribution in [3.63, 3.8) is 0 Å². The van der Waals surface area contributed by atoms with Gasteiger partial charge < -0.3 is 9.47 Å². The van der Waals surface area contributed by atoms with E-state index in [9.17, 15) is 0 Å². The van der Waals surface area contributed by atoms with Gasteiger partial charge in [-0.1, -0.05) is 30.3 Å². The summed E-state index contributed by atoms with van der Waals surface area (Å²) in [7, 11) is 0. The normalized spacial score (nSPS) is 32.1. The molecule has 0 aromatic heterocycles. The summed E-state index contributed by atoms with van der Waals surface area (Å²) in [6.07, 6.45) is 0.168. The van der Waals surface area contributed by atoms with Crippen molar-refractivity contribution in [2.24, 2.45) is 0 Å². The fourth-order valence-electron chi connectivity index (χ4n) is 2.86. The number of nitriles is 1. The molecule has 0 spiro atoms. The Morgan fingerprint density at radius 2 is 2.10 bits per heavy atom. The lowest BCUT2D eigenvalue weighted by Gasteiger charge is -2.27. The minimum Gasteiger partial charge on any atom is -0.348 e. The average Bonchev–Trinajstić information content (AvgIpc) is 3.03. The molecular weight excluding hydrogens is 268 g/mol. The molecule has 2 heterocycles. The first-order valence-electron chi connectivity index (χ1n) is 7.26. The molecule has 2 saturated heterocycles. The predicted octanol–water partition coefficient (Wildman–Crippen LogP) is 2.24. The summed E-state index contributed by atoms with van der Waals surface area (Å²) in [5, 5.41) is 11.0. The van der Waals surface area contributed by atoms with Crippen LogP contribution in [0.4, 0.5) is 0 Å². The Bertz CT molecular complexity index is 526. The van der Waals surface area contributed by atoms with E-state index in [1.165, 1.54) is 0 Å². The van der Waals surface area contributed by atoms with Gasteiger partial charge in [-0.05, 0) is 19.4 Å². The van der Waals surface area contributed by atoms with Gasteiger partial charge in [0.25, 0.3) is 0 Å². The lowest BCUT2D eigenvalue weighted by atomic mass is 10.1. The van der Waals surface area contributed by atoms with Crippen molar-refractivity contribution in [3.05, 3.63) is 35.9 Å². The number of hydrogen-bond acceptors (Lipinski definition) is 5.